The smallest absolute Gasteiger partial charge is 0.384 e. The fourth-order valence-electron chi connectivity index (χ4n) is 2.40. The van der Waals surface area contributed by atoms with Gasteiger partial charge in [-0.3, -0.25) is 0 Å². The lowest BCUT2D eigenvalue weighted by molar-refractivity contribution is -0.338. The van der Waals surface area contributed by atoms with E-state index in [1.165, 1.54) is 7.11 Å². The highest BCUT2D eigenvalue weighted by atomic mass is 16.7. The largest absolute Gasteiger partial charge is 0.459 e. The number of carbonyl (C=O) groups is 1. The average Bonchev–Trinajstić information content (AvgIpc) is 2.29. The van der Waals surface area contributed by atoms with Crippen LogP contribution in [-0.4, -0.2) is 30.6 Å². The van der Waals surface area contributed by atoms with Crippen LogP contribution in [0.4, 0.5) is 0 Å². The lowest BCUT2D eigenvalue weighted by Crippen LogP contribution is -2.55. The third kappa shape index (κ3) is 4.09. The molecule has 0 unspecified atom stereocenters. The molecule has 0 N–H and O–H groups in total. The molecule has 0 spiro atoms. The Hall–Kier alpha value is -1.31. The Kier molecular flexibility index (Phi) is 4.78. The molecular weight excluding hydrogens is 244 g/mol. The van der Waals surface area contributed by atoms with Crippen LogP contribution < -0.4 is 0 Å². The third-order valence-electron chi connectivity index (χ3n) is 3.15. The topological polar surface area (TPSA) is 44.8 Å². The van der Waals surface area contributed by atoms with Crippen LogP contribution >= 0.6 is 0 Å². The molecule has 4 heteroatoms. The molecule has 19 heavy (non-hydrogen) atoms. The molecule has 1 aliphatic rings. The van der Waals surface area contributed by atoms with Gasteiger partial charge in [0.25, 0.3) is 0 Å². The van der Waals surface area contributed by atoms with Crippen LogP contribution in [0.2, 0.25) is 0 Å². The Morgan fingerprint density at radius 2 is 2.05 bits per heavy atom. The molecule has 1 heterocycles. The van der Waals surface area contributed by atoms with Crippen molar-refractivity contribution in [3.8, 4) is 11.8 Å². The van der Waals surface area contributed by atoms with E-state index < -0.39 is 17.4 Å². The fourth-order valence-corrected chi connectivity index (χ4v) is 2.40. The van der Waals surface area contributed by atoms with Gasteiger partial charge < -0.3 is 14.2 Å². The Morgan fingerprint density at radius 1 is 1.42 bits per heavy atom. The lowest BCUT2D eigenvalue weighted by Gasteiger charge is -2.49. The fraction of sp³-hybridized carbons (Fsp3) is 0.667. The first-order chi connectivity index (χ1) is 8.72. The molecule has 0 saturated carbocycles. The quantitative estimate of drug-likeness (QED) is 0.333. The molecule has 0 radical (unpaired) electrons. The Labute approximate surface area is 115 Å². The maximum Gasteiger partial charge on any atom is 0.384 e. The first-order valence-corrected chi connectivity index (χ1v) is 6.29. The molecule has 0 aromatic carbocycles. The lowest BCUT2D eigenvalue weighted by atomic mass is 9.81. The molecule has 106 valence electrons. The van der Waals surface area contributed by atoms with Crippen LogP contribution in [0.5, 0.6) is 0 Å². The van der Waals surface area contributed by atoms with E-state index in [9.17, 15) is 4.79 Å². The predicted molar refractivity (Wildman–Crippen MR) is 72.2 cm³/mol. The van der Waals surface area contributed by atoms with Crippen molar-refractivity contribution in [2.75, 3.05) is 7.11 Å². The van der Waals surface area contributed by atoms with Crippen LogP contribution in [0.3, 0.4) is 0 Å². The van der Waals surface area contributed by atoms with E-state index in [1.54, 1.807) is 6.08 Å². The van der Waals surface area contributed by atoms with Gasteiger partial charge in [0.1, 0.15) is 0 Å². The van der Waals surface area contributed by atoms with E-state index in [0.29, 0.717) is 6.42 Å². The molecule has 1 fully saturated rings. The molecule has 0 aliphatic carbocycles. The standard InChI is InChI=1S/C15H22O4/c1-7-12-11(9-8-10-13(16)17-6)14(2,3)19-15(4,5)18-12/h7,11-12H,1,9H2,2-6H3/t11-,12-/m0/s1. The molecule has 4 nitrogen and oxygen atoms in total. The minimum absolute atomic E-state index is 0.00943. The van der Waals surface area contributed by atoms with Crippen molar-refractivity contribution >= 4 is 5.97 Å². The van der Waals surface area contributed by atoms with Crippen LogP contribution in [0.15, 0.2) is 12.7 Å². The van der Waals surface area contributed by atoms with Gasteiger partial charge in [-0.2, -0.15) is 0 Å². The third-order valence-corrected chi connectivity index (χ3v) is 3.15. The summed E-state index contributed by atoms with van der Waals surface area (Å²) in [5.74, 6) is 4.06. The highest BCUT2D eigenvalue weighted by Gasteiger charge is 2.46. The number of hydrogen-bond acceptors (Lipinski definition) is 4. The number of hydrogen-bond donors (Lipinski definition) is 0. The van der Waals surface area contributed by atoms with E-state index in [4.69, 9.17) is 9.47 Å². The van der Waals surface area contributed by atoms with Crippen molar-refractivity contribution < 1.29 is 19.0 Å². The predicted octanol–water partition coefficient (Wildman–Crippen LogP) is 2.29. The molecular formula is C15H22O4. The van der Waals surface area contributed by atoms with Crippen LogP contribution in [0, 0.1) is 17.8 Å². The summed E-state index contributed by atoms with van der Waals surface area (Å²) in [6, 6.07) is 0. The average molecular weight is 266 g/mol. The minimum Gasteiger partial charge on any atom is -0.459 e. The van der Waals surface area contributed by atoms with Gasteiger partial charge in [0, 0.05) is 18.3 Å². The van der Waals surface area contributed by atoms with Crippen molar-refractivity contribution in [3.05, 3.63) is 12.7 Å². The van der Waals surface area contributed by atoms with Gasteiger partial charge in [0.15, 0.2) is 5.79 Å². The minimum atomic E-state index is -0.658. The second-order valence-corrected chi connectivity index (χ2v) is 5.53. The zero-order valence-electron chi connectivity index (χ0n) is 12.3. The molecule has 0 aromatic heterocycles. The van der Waals surface area contributed by atoms with Gasteiger partial charge in [-0.05, 0) is 27.7 Å². The van der Waals surface area contributed by atoms with Crippen LogP contribution in [0.1, 0.15) is 34.1 Å². The second-order valence-electron chi connectivity index (χ2n) is 5.53. The van der Waals surface area contributed by atoms with Crippen molar-refractivity contribution in [1.82, 2.24) is 0 Å². The maximum absolute atomic E-state index is 11.0. The first kappa shape index (κ1) is 15.7. The Balaban J connectivity index is 2.86. The molecule has 1 aliphatic heterocycles. The molecule has 2 atom stereocenters. The normalized spacial score (nSPS) is 27.8. The van der Waals surface area contributed by atoms with Gasteiger partial charge in [0.2, 0.25) is 0 Å². The summed E-state index contributed by atoms with van der Waals surface area (Å²) in [4.78, 5) is 11.0. The SMILES string of the molecule is C=C[C@@H]1OC(C)(C)OC(C)(C)[C@H]1CC#CC(=O)OC. The summed E-state index contributed by atoms with van der Waals surface area (Å²) in [7, 11) is 1.31. The molecule has 0 amide bonds. The number of rotatable bonds is 2. The highest BCUT2D eigenvalue weighted by Crippen LogP contribution is 2.40. The number of ether oxygens (including phenoxy) is 3. The number of carbonyl (C=O) groups excluding carboxylic acids is 1. The Bertz CT molecular complexity index is 412. The van der Waals surface area contributed by atoms with E-state index in [-0.39, 0.29) is 12.0 Å². The zero-order chi connectivity index (χ0) is 14.7. The van der Waals surface area contributed by atoms with Gasteiger partial charge in [0.05, 0.1) is 18.8 Å². The van der Waals surface area contributed by atoms with E-state index in [0.717, 1.165) is 0 Å². The number of methoxy groups -OCH3 is 1. The van der Waals surface area contributed by atoms with Gasteiger partial charge in [-0.25, -0.2) is 4.79 Å². The van der Waals surface area contributed by atoms with Gasteiger partial charge in [-0.15, -0.1) is 6.58 Å². The monoisotopic (exact) mass is 266 g/mol. The van der Waals surface area contributed by atoms with Gasteiger partial charge >= 0.3 is 5.97 Å². The van der Waals surface area contributed by atoms with Crippen LogP contribution in [-0.2, 0) is 19.0 Å². The van der Waals surface area contributed by atoms with E-state index in [2.05, 4.69) is 23.2 Å². The summed E-state index contributed by atoms with van der Waals surface area (Å²) in [5.41, 5.74) is -0.411. The first-order valence-electron chi connectivity index (χ1n) is 6.29. The van der Waals surface area contributed by atoms with E-state index >= 15 is 0 Å². The van der Waals surface area contributed by atoms with Gasteiger partial charge in [-0.1, -0.05) is 12.0 Å². The van der Waals surface area contributed by atoms with Crippen molar-refractivity contribution in [2.24, 2.45) is 5.92 Å². The summed E-state index contributed by atoms with van der Waals surface area (Å²) in [5, 5.41) is 0. The second kappa shape index (κ2) is 5.77. The van der Waals surface area contributed by atoms with Crippen molar-refractivity contribution in [1.29, 1.82) is 0 Å². The summed E-state index contributed by atoms with van der Waals surface area (Å²) >= 11 is 0. The summed E-state index contributed by atoms with van der Waals surface area (Å²) in [6.45, 7) is 11.6. The Morgan fingerprint density at radius 3 is 2.58 bits per heavy atom. The summed E-state index contributed by atoms with van der Waals surface area (Å²) < 4.78 is 16.2. The van der Waals surface area contributed by atoms with E-state index in [1.807, 2.05) is 27.7 Å². The highest BCUT2D eigenvalue weighted by molar-refractivity contribution is 5.88. The van der Waals surface area contributed by atoms with Crippen molar-refractivity contribution in [2.45, 2.75) is 51.6 Å². The molecule has 1 saturated heterocycles. The molecule has 1 rings (SSSR count). The van der Waals surface area contributed by atoms with Crippen molar-refractivity contribution in [3.63, 3.8) is 0 Å². The van der Waals surface area contributed by atoms with Crippen LogP contribution in [0.25, 0.3) is 0 Å². The molecule has 0 bridgehead atoms. The maximum atomic E-state index is 11.0. The number of esters is 1. The zero-order valence-corrected chi connectivity index (χ0v) is 12.3. The molecule has 0 aromatic rings. The summed E-state index contributed by atoms with van der Waals surface area (Å²) in [6.07, 6.45) is 2.08.